The molecule has 3 fully saturated rings. The van der Waals surface area contributed by atoms with Crippen LogP contribution < -0.4 is 0 Å². The lowest BCUT2D eigenvalue weighted by molar-refractivity contribution is -0.149. The third-order valence-electron chi connectivity index (χ3n) is 7.42. The molecular weight excluding hydrogens is 284 g/mol. The Morgan fingerprint density at radius 2 is 1.61 bits per heavy atom. The van der Waals surface area contributed by atoms with Crippen LogP contribution in [-0.4, -0.2) is 25.9 Å². The molecule has 3 rings (SSSR count). The van der Waals surface area contributed by atoms with E-state index >= 15 is 0 Å². The van der Waals surface area contributed by atoms with Crippen LogP contribution in [0.2, 0.25) is 0 Å². The van der Waals surface area contributed by atoms with E-state index in [1.807, 2.05) is 0 Å². The van der Waals surface area contributed by atoms with E-state index in [9.17, 15) is 0 Å². The predicted octanol–water partition coefficient (Wildman–Crippen LogP) is 5.31. The molecule has 1 aliphatic carbocycles. The molecule has 0 aromatic heterocycles. The molecule has 0 aromatic rings. The molecule has 23 heavy (non-hydrogen) atoms. The highest BCUT2D eigenvalue weighted by Crippen LogP contribution is 2.66. The van der Waals surface area contributed by atoms with E-state index in [1.165, 1.54) is 38.5 Å². The topological polar surface area (TPSA) is 18.5 Å². The van der Waals surface area contributed by atoms with E-state index in [2.05, 4.69) is 34.6 Å². The minimum atomic E-state index is 0.302. The number of hydrogen-bond acceptors (Lipinski definition) is 2. The summed E-state index contributed by atoms with van der Waals surface area (Å²) in [5.41, 5.74) is 0.649. The summed E-state index contributed by atoms with van der Waals surface area (Å²) in [7, 11) is 0. The molecule has 4 atom stereocenters. The fourth-order valence-corrected chi connectivity index (χ4v) is 6.77. The molecule has 4 unspecified atom stereocenters. The molecule has 0 radical (unpaired) electrons. The molecule has 0 bridgehead atoms. The van der Waals surface area contributed by atoms with Gasteiger partial charge in [-0.3, -0.25) is 0 Å². The van der Waals surface area contributed by atoms with E-state index in [0.29, 0.717) is 16.9 Å². The zero-order chi connectivity index (χ0) is 16.7. The van der Waals surface area contributed by atoms with Crippen LogP contribution in [0.1, 0.15) is 73.1 Å². The molecule has 1 saturated carbocycles. The van der Waals surface area contributed by atoms with Crippen LogP contribution in [0.3, 0.4) is 0 Å². The highest BCUT2D eigenvalue weighted by molar-refractivity contribution is 5.11. The lowest BCUT2D eigenvalue weighted by atomic mass is 9.49. The highest BCUT2D eigenvalue weighted by Gasteiger charge is 2.63. The van der Waals surface area contributed by atoms with Crippen molar-refractivity contribution in [3.63, 3.8) is 0 Å². The van der Waals surface area contributed by atoms with Crippen LogP contribution in [0.5, 0.6) is 0 Å². The average molecular weight is 323 g/mol. The van der Waals surface area contributed by atoms with Crippen molar-refractivity contribution in [1.29, 1.82) is 0 Å². The maximum Gasteiger partial charge on any atom is 0.0642 e. The van der Waals surface area contributed by atoms with Crippen molar-refractivity contribution >= 4 is 0 Å². The molecular formula is C21H38O2. The minimum absolute atomic E-state index is 0.302. The third-order valence-corrected chi connectivity index (χ3v) is 7.42. The molecule has 0 spiro atoms. The molecule has 0 N–H and O–H groups in total. The second-order valence-electron chi connectivity index (χ2n) is 9.67. The Morgan fingerprint density at radius 3 is 2.13 bits per heavy atom. The quantitative estimate of drug-likeness (QED) is 0.701. The zero-order valence-corrected chi connectivity index (χ0v) is 16.1. The summed E-state index contributed by atoms with van der Waals surface area (Å²) in [6.07, 6.45) is 8.35. The zero-order valence-electron chi connectivity index (χ0n) is 16.1. The van der Waals surface area contributed by atoms with Gasteiger partial charge in [-0.15, -0.1) is 0 Å². The van der Waals surface area contributed by atoms with Crippen LogP contribution >= 0.6 is 0 Å². The molecule has 0 aromatic carbocycles. The van der Waals surface area contributed by atoms with Crippen LogP contribution in [0.15, 0.2) is 0 Å². The number of hydrogen-bond donors (Lipinski definition) is 0. The third kappa shape index (κ3) is 2.88. The van der Waals surface area contributed by atoms with Gasteiger partial charge in [-0.2, -0.15) is 0 Å². The Hall–Kier alpha value is -0.0800. The van der Waals surface area contributed by atoms with E-state index in [-0.39, 0.29) is 0 Å². The standard InChI is InChI=1S/C21H38O2/c1-15(2)17-8-9-18(16-10-13-22-14-11-16)21(17,20(3,4)5)19-7-6-12-23-19/h15-19H,6-14H2,1-5H3. The van der Waals surface area contributed by atoms with Gasteiger partial charge in [-0.25, -0.2) is 0 Å². The highest BCUT2D eigenvalue weighted by atomic mass is 16.5. The van der Waals surface area contributed by atoms with Crippen molar-refractivity contribution in [3.05, 3.63) is 0 Å². The summed E-state index contributed by atoms with van der Waals surface area (Å²) in [6, 6.07) is 0. The second-order valence-corrected chi connectivity index (χ2v) is 9.67. The maximum atomic E-state index is 6.44. The van der Waals surface area contributed by atoms with Gasteiger partial charge in [0.25, 0.3) is 0 Å². The van der Waals surface area contributed by atoms with Gasteiger partial charge in [0, 0.05) is 25.2 Å². The van der Waals surface area contributed by atoms with Gasteiger partial charge >= 0.3 is 0 Å². The van der Waals surface area contributed by atoms with E-state index in [0.717, 1.165) is 43.5 Å². The predicted molar refractivity (Wildman–Crippen MR) is 95.5 cm³/mol. The van der Waals surface area contributed by atoms with E-state index in [4.69, 9.17) is 9.47 Å². The molecule has 2 heterocycles. The van der Waals surface area contributed by atoms with Gasteiger partial charge in [0.05, 0.1) is 6.10 Å². The van der Waals surface area contributed by atoms with Gasteiger partial charge in [0.15, 0.2) is 0 Å². The Balaban J connectivity index is 2.02. The summed E-state index contributed by atoms with van der Waals surface area (Å²) in [5.74, 6) is 3.22. The van der Waals surface area contributed by atoms with Crippen molar-refractivity contribution in [3.8, 4) is 0 Å². The smallest absolute Gasteiger partial charge is 0.0642 e. The summed E-state index contributed by atoms with van der Waals surface area (Å²) in [4.78, 5) is 0. The van der Waals surface area contributed by atoms with Gasteiger partial charge in [0.1, 0.15) is 0 Å². The van der Waals surface area contributed by atoms with Gasteiger partial charge in [-0.05, 0) is 67.6 Å². The van der Waals surface area contributed by atoms with Crippen molar-refractivity contribution in [2.75, 3.05) is 19.8 Å². The van der Waals surface area contributed by atoms with E-state index < -0.39 is 0 Å². The average Bonchev–Trinajstić information content (AvgIpc) is 3.15. The van der Waals surface area contributed by atoms with Crippen LogP contribution in [0.4, 0.5) is 0 Å². The lowest BCUT2D eigenvalue weighted by Gasteiger charge is -2.57. The minimum Gasteiger partial charge on any atom is -0.381 e. The summed E-state index contributed by atoms with van der Waals surface area (Å²) < 4.78 is 12.1. The first-order chi connectivity index (χ1) is 10.9. The molecule has 2 heteroatoms. The number of rotatable bonds is 3. The van der Waals surface area contributed by atoms with Crippen molar-refractivity contribution < 1.29 is 9.47 Å². The van der Waals surface area contributed by atoms with E-state index in [1.54, 1.807) is 0 Å². The van der Waals surface area contributed by atoms with Crippen LogP contribution in [0, 0.1) is 34.5 Å². The Morgan fingerprint density at radius 1 is 0.913 bits per heavy atom. The van der Waals surface area contributed by atoms with Crippen LogP contribution in [-0.2, 0) is 9.47 Å². The van der Waals surface area contributed by atoms with Gasteiger partial charge < -0.3 is 9.47 Å². The molecule has 2 nitrogen and oxygen atoms in total. The van der Waals surface area contributed by atoms with Crippen molar-refractivity contribution in [2.45, 2.75) is 79.2 Å². The summed E-state index contributed by atoms with van der Waals surface area (Å²) in [6.45, 7) is 15.3. The first kappa shape index (κ1) is 17.7. The molecule has 134 valence electrons. The van der Waals surface area contributed by atoms with Gasteiger partial charge in [0.2, 0.25) is 0 Å². The maximum absolute atomic E-state index is 6.44. The van der Waals surface area contributed by atoms with Crippen molar-refractivity contribution in [2.24, 2.45) is 34.5 Å². The number of ether oxygens (including phenoxy) is 2. The monoisotopic (exact) mass is 322 g/mol. The Labute approximate surface area is 143 Å². The Bertz CT molecular complexity index is 385. The fraction of sp³-hybridized carbons (Fsp3) is 1.00. The van der Waals surface area contributed by atoms with Crippen LogP contribution in [0.25, 0.3) is 0 Å². The van der Waals surface area contributed by atoms with Gasteiger partial charge in [-0.1, -0.05) is 34.6 Å². The fourth-order valence-electron chi connectivity index (χ4n) is 6.77. The summed E-state index contributed by atoms with van der Waals surface area (Å²) >= 11 is 0. The molecule has 2 saturated heterocycles. The SMILES string of the molecule is CC(C)C1CCC(C2CCOCC2)C1(C1CCCO1)C(C)(C)C. The van der Waals surface area contributed by atoms with Crippen molar-refractivity contribution in [1.82, 2.24) is 0 Å². The first-order valence-electron chi connectivity index (χ1n) is 10.1. The second kappa shape index (κ2) is 6.67. The normalized spacial score (nSPS) is 40.2. The molecule has 2 aliphatic heterocycles. The largest absolute Gasteiger partial charge is 0.381 e. The molecule has 3 aliphatic rings. The summed E-state index contributed by atoms with van der Waals surface area (Å²) in [5, 5.41) is 0. The Kier molecular flexibility index (Phi) is 5.14. The first-order valence-corrected chi connectivity index (χ1v) is 10.1. The molecule has 0 amide bonds. The lowest BCUT2D eigenvalue weighted by Crippen LogP contribution is -2.55.